The smallest absolute Gasteiger partial charge is 0.250 e. The van der Waals surface area contributed by atoms with E-state index in [1.165, 1.54) is 6.07 Å². The van der Waals surface area contributed by atoms with Gasteiger partial charge in [-0.3, -0.25) is 14.9 Å². The number of piperidine rings is 1. The Labute approximate surface area is 167 Å². The zero-order valence-electron chi connectivity index (χ0n) is 15.9. The molecule has 0 unspecified atom stereocenters. The van der Waals surface area contributed by atoms with Crippen LogP contribution >= 0.6 is 0 Å². The highest BCUT2D eigenvalue weighted by atomic mass is 16.8. The second kappa shape index (κ2) is 7.18. The van der Waals surface area contributed by atoms with Crippen LogP contribution in [-0.4, -0.2) is 27.8 Å². The fraction of sp³-hybridized carbons (Fsp3) is 0.318. The summed E-state index contributed by atoms with van der Waals surface area (Å²) < 4.78 is 7.96. The summed E-state index contributed by atoms with van der Waals surface area (Å²) >= 11 is 0. The summed E-state index contributed by atoms with van der Waals surface area (Å²) in [5.41, 5.74) is 2.15. The maximum atomic E-state index is 12.2. The van der Waals surface area contributed by atoms with Crippen molar-refractivity contribution in [2.75, 3.05) is 18.3 Å². The summed E-state index contributed by atoms with van der Waals surface area (Å²) in [5, 5.41) is 20.1. The number of fused-ring (bicyclic) bond motifs is 4. The van der Waals surface area contributed by atoms with Gasteiger partial charge in [0.05, 0.1) is 12.2 Å². The minimum absolute atomic E-state index is 0.100. The second-order valence-corrected chi connectivity index (χ2v) is 7.98. The van der Waals surface area contributed by atoms with Crippen LogP contribution in [0.5, 0.6) is 0 Å². The third kappa shape index (κ3) is 3.48. The largest absolute Gasteiger partial charge is 0.733 e. The van der Waals surface area contributed by atoms with Crippen LogP contribution in [0.3, 0.4) is 0 Å². The summed E-state index contributed by atoms with van der Waals surface area (Å²) in [7, 11) is 0. The summed E-state index contributed by atoms with van der Waals surface area (Å²) in [6, 6.07) is 16.1. The molecular formula is C22H22N3O4-. The molecule has 0 aliphatic carbocycles. The number of likely N-dealkylation sites (tertiary alicyclic amines) is 1. The first kappa shape index (κ1) is 18.2. The van der Waals surface area contributed by atoms with Crippen molar-refractivity contribution in [3.8, 4) is 11.3 Å². The van der Waals surface area contributed by atoms with Gasteiger partial charge in [-0.25, -0.2) is 0 Å². The first-order valence-electron chi connectivity index (χ1n) is 9.84. The quantitative estimate of drug-likeness (QED) is 0.685. The monoisotopic (exact) mass is 392 g/mol. The molecule has 2 bridgehead atoms. The van der Waals surface area contributed by atoms with E-state index < -0.39 is 0 Å². The van der Waals surface area contributed by atoms with Crippen molar-refractivity contribution < 1.29 is 9.62 Å². The minimum atomic E-state index is -0.150. The highest BCUT2D eigenvalue weighted by Crippen LogP contribution is 2.36. The molecule has 2 aliphatic heterocycles. The average molecular weight is 392 g/mol. The fourth-order valence-corrected chi connectivity index (χ4v) is 4.74. The Bertz CT molecular complexity index is 1090. The molecule has 1 saturated heterocycles. The van der Waals surface area contributed by atoms with Gasteiger partial charge >= 0.3 is 0 Å². The summed E-state index contributed by atoms with van der Waals surface area (Å²) in [4.78, 5) is 14.6. The van der Waals surface area contributed by atoms with Gasteiger partial charge in [0, 0.05) is 42.9 Å². The van der Waals surface area contributed by atoms with Gasteiger partial charge in [-0.1, -0.05) is 18.2 Å². The van der Waals surface area contributed by atoms with Crippen LogP contribution in [-0.2, 0) is 13.1 Å². The SMILES string of the molecule is O=c1cccc2n1C[C@H]1C[C@H]2CN(Cc2ccc(-c3cccc(N([O-])O)c3)o2)C1. The van der Waals surface area contributed by atoms with E-state index in [0.717, 1.165) is 43.1 Å². The van der Waals surface area contributed by atoms with Gasteiger partial charge < -0.3 is 19.4 Å². The molecule has 4 heterocycles. The standard InChI is InChI=1S/C22H22N3O4/c26-22-6-2-5-20-17-9-15(12-24(20)22)11-23(13-17)14-19-7-8-21(29-19)16-3-1-4-18(10-16)25(27)28/h1-8,10,15,17,27H,9,11-14H2/q-1/t15-,17-/m0/s1. The molecule has 7 nitrogen and oxygen atoms in total. The molecule has 0 saturated carbocycles. The van der Waals surface area contributed by atoms with Gasteiger partial charge in [0.1, 0.15) is 11.5 Å². The Hall–Kier alpha value is -2.87. The number of aromatic nitrogens is 1. The first-order valence-corrected chi connectivity index (χ1v) is 9.84. The van der Waals surface area contributed by atoms with Crippen LogP contribution in [0.4, 0.5) is 5.69 Å². The second-order valence-electron chi connectivity index (χ2n) is 7.98. The zero-order valence-corrected chi connectivity index (χ0v) is 15.9. The number of furan rings is 1. The first-order chi connectivity index (χ1) is 14.1. The summed E-state index contributed by atoms with van der Waals surface area (Å²) in [6.07, 6.45) is 1.13. The van der Waals surface area contributed by atoms with Crippen molar-refractivity contribution in [2.45, 2.75) is 25.4 Å². The lowest BCUT2D eigenvalue weighted by Crippen LogP contribution is -2.46. The van der Waals surface area contributed by atoms with Gasteiger partial charge in [-0.15, -0.1) is 0 Å². The third-order valence-corrected chi connectivity index (χ3v) is 5.95. The Morgan fingerprint density at radius 1 is 1.10 bits per heavy atom. The van der Waals surface area contributed by atoms with E-state index >= 15 is 0 Å². The van der Waals surface area contributed by atoms with Gasteiger partial charge in [0.15, 0.2) is 0 Å². The molecule has 2 atom stereocenters. The molecule has 150 valence electrons. The highest BCUT2D eigenvalue weighted by Gasteiger charge is 2.34. The lowest BCUT2D eigenvalue weighted by molar-refractivity contribution is 0.108. The molecule has 2 aliphatic rings. The summed E-state index contributed by atoms with van der Waals surface area (Å²) in [5.74, 6) is 2.37. The van der Waals surface area contributed by atoms with Crippen molar-refractivity contribution in [3.05, 3.63) is 81.6 Å². The van der Waals surface area contributed by atoms with E-state index in [1.807, 2.05) is 28.8 Å². The number of nitrogens with zero attached hydrogens (tertiary/aromatic N) is 3. The molecule has 5 rings (SSSR count). The maximum Gasteiger partial charge on any atom is 0.250 e. The van der Waals surface area contributed by atoms with E-state index in [9.17, 15) is 10.0 Å². The van der Waals surface area contributed by atoms with E-state index in [4.69, 9.17) is 9.62 Å². The van der Waals surface area contributed by atoms with Crippen molar-refractivity contribution >= 4 is 5.69 Å². The number of rotatable bonds is 4. The molecule has 29 heavy (non-hydrogen) atoms. The third-order valence-electron chi connectivity index (χ3n) is 5.95. The maximum absolute atomic E-state index is 12.2. The molecular weight excluding hydrogens is 370 g/mol. The Morgan fingerprint density at radius 2 is 1.97 bits per heavy atom. The number of benzene rings is 1. The van der Waals surface area contributed by atoms with Crippen molar-refractivity contribution in [3.63, 3.8) is 0 Å². The number of hydrogen-bond donors (Lipinski definition) is 1. The topological polar surface area (TPSA) is 84.9 Å². The lowest BCUT2D eigenvalue weighted by Gasteiger charge is -2.42. The predicted molar refractivity (Wildman–Crippen MR) is 109 cm³/mol. The zero-order chi connectivity index (χ0) is 20.0. The Morgan fingerprint density at radius 3 is 2.83 bits per heavy atom. The molecule has 0 spiro atoms. The van der Waals surface area contributed by atoms with E-state index in [-0.39, 0.29) is 16.5 Å². The van der Waals surface area contributed by atoms with E-state index in [0.29, 0.717) is 24.1 Å². The average Bonchev–Trinajstić information content (AvgIpc) is 3.17. The van der Waals surface area contributed by atoms with Crippen LogP contribution in [0.2, 0.25) is 0 Å². The van der Waals surface area contributed by atoms with Crippen molar-refractivity contribution in [1.82, 2.24) is 9.47 Å². The molecule has 1 N–H and O–H groups in total. The molecule has 1 aromatic carbocycles. The van der Waals surface area contributed by atoms with Crippen LogP contribution in [0.25, 0.3) is 11.3 Å². The Balaban J connectivity index is 1.33. The van der Waals surface area contributed by atoms with Gasteiger partial charge in [0.25, 0.3) is 5.56 Å². The fourth-order valence-electron chi connectivity index (χ4n) is 4.74. The summed E-state index contributed by atoms with van der Waals surface area (Å²) in [6.45, 7) is 3.34. The van der Waals surface area contributed by atoms with E-state index in [1.54, 1.807) is 18.2 Å². The van der Waals surface area contributed by atoms with Gasteiger partial charge in [-0.2, -0.15) is 0 Å². The van der Waals surface area contributed by atoms with Crippen LogP contribution in [0, 0.1) is 11.1 Å². The highest BCUT2D eigenvalue weighted by molar-refractivity contribution is 5.64. The van der Waals surface area contributed by atoms with Crippen LogP contribution in [0.1, 0.15) is 23.8 Å². The molecule has 1 fully saturated rings. The number of pyridine rings is 1. The van der Waals surface area contributed by atoms with Gasteiger partial charge in [0.2, 0.25) is 0 Å². The number of anilines is 1. The lowest BCUT2D eigenvalue weighted by atomic mass is 9.83. The van der Waals surface area contributed by atoms with Crippen LogP contribution in [0.15, 0.2) is 63.8 Å². The van der Waals surface area contributed by atoms with Crippen LogP contribution < -0.4 is 10.8 Å². The predicted octanol–water partition coefficient (Wildman–Crippen LogP) is 3.42. The molecule has 0 radical (unpaired) electrons. The molecule has 2 aromatic heterocycles. The molecule has 0 amide bonds. The molecule has 7 heteroatoms. The minimum Gasteiger partial charge on any atom is -0.733 e. The van der Waals surface area contributed by atoms with Crippen molar-refractivity contribution in [2.24, 2.45) is 5.92 Å². The number of hydrogen-bond acceptors (Lipinski definition) is 6. The Kier molecular flexibility index (Phi) is 4.50. The van der Waals surface area contributed by atoms with E-state index in [2.05, 4.69) is 11.0 Å². The van der Waals surface area contributed by atoms with Gasteiger partial charge in [-0.05, 0) is 42.7 Å². The molecule has 3 aromatic rings. The normalized spacial score (nSPS) is 21.0. The van der Waals surface area contributed by atoms with Crippen molar-refractivity contribution in [1.29, 1.82) is 0 Å².